The van der Waals surface area contributed by atoms with Crippen molar-refractivity contribution in [3.8, 4) is 5.75 Å². The number of rotatable bonds is 22. The molecule has 0 radical (unpaired) electrons. The number of hydrogen-bond donors (Lipinski definition) is 7. The van der Waals surface area contributed by atoms with Crippen molar-refractivity contribution in [2.24, 2.45) is 11.3 Å². The highest BCUT2D eigenvalue weighted by Crippen LogP contribution is 2.68. The second-order valence-corrected chi connectivity index (χ2v) is 23.7. The van der Waals surface area contributed by atoms with Gasteiger partial charge >= 0.3 is 18.0 Å². The Bertz CT molecular complexity index is 2790. The summed E-state index contributed by atoms with van der Waals surface area (Å²) in [5.41, 5.74) is -0.365. The number of nitrogens with zero attached hydrogens (tertiary/aromatic N) is 3. The molecule has 0 aromatic heterocycles. The minimum Gasteiger partial charge on any atom is -0.496 e. The molecule has 3 fully saturated rings. The van der Waals surface area contributed by atoms with Crippen molar-refractivity contribution in [3.63, 3.8) is 0 Å². The Hall–Kier alpha value is -5.65. The summed E-state index contributed by atoms with van der Waals surface area (Å²) in [4.78, 5) is 75.3. The van der Waals surface area contributed by atoms with Gasteiger partial charge in [-0.15, -0.1) is 0 Å². The summed E-state index contributed by atoms with van der Waals surface area (Å²) in [6, 6.07) is 9.96. The van der Waals surface area contributed by atoms with Gasteiger partial charge in [-0.1, -0.05) is 57.2 Å². The van der Waals surface area contributed by atoms with E-state index in [1.165, 1.54) is 21.1 Å². The predicted octanol–water partition coefficient (Wildman–Crippen LogP) is 3.01. The number of carbonyl (C=O) groups is 5. The van der Waals surface area contributed by atoms with E-state index in [0.717, 1.165) is 27.8 Å². The first kappa shape index (κ1) is 60.9. The van der Waals surface area contributed by atoms with E-state index in [1.807, 2.05) is 63.1 Å². The Kier molecular flexibility index (Phi) is 18.2. The molecule has 2 aromatic rings. The van der Waals surface area contributed by atoms with Gasteiger partial charge < -0.3 is 69.7 Å². The smallest absolute Gasteiger partial charge is 0.407 e. The second kappa shape index (κ2) is 24.5. The summed E-state index contributed by atoms with van der Waals surface area (Å²) >= 11 is 0. The lowest BCUT2D eigenvalue weighted by Gasteiger charge is -2.63. The number of hydrogen-bond acceptors (Lipinski definition) is 18. The molecular weight excluding hydrogens is 1060 g/mol. The third kappa shape index (κ3) is 10.5. The molecule has 5 heterocycles. The molecule has 450 valence electrons. The fourth-order valence-electron chi connectivity index (χ4n) is 15.6. The van der Waals surface area contributed by atoms with Crippen molar-refractivity contribution in [2.75, 3.05) is 98.9 Å². The number of carbonyl (C=O) groups excluding carboxylic acids is 5. The van der Waals surface area contributed by atoms with E-state index >= 15 is 9.59 Å². The summed E-state index contributed by atoms with van der Waals surface area (Å²) < 4.78 is 33.7. The first-order valence-corrected chi connectivity index (χ1v) is 29.3. The van der Waals surface area contributed by atoms with Gasteiger partial charge in [0, 0.05) is 94.0 Å². The monoisotopic (exact) mass is 1140 g/mol. The maximum atomic E-state index is 15.6. The molecule has 1 saturated carbocycles. The van der Waals surface area contributed by atoms with Crippen molar-refractivity contribution in [1.82, 2.24) is 25.8 Å². The topological polar surface area (TPSA) is 267 Å². The third-order valence-corrected chi connectivity index (χ3v) is 19.4. The zero-order valence-electron chi connectivity index (χ0n) is 48.9. The van der Waals surface area contributed by atoms with Crippen LogP contribution in [0.1, 0.15) is 108 Å². The van der Waals surface area contributed by atoms with Gasteiger partial charge in [0.05, 0.1) is 45.2 Å². The molecule has 2 aromatic carbocycles. The number of aliphatic hydroxyl groups excluding tert-OH is 2. The van der Waals surface area contributed by atoms with Crippen LogP contribution in [0.15, 0.2) is 54.1 Å². The first-order chi connectivity index (χ1) is 39.3. The molecule has 2 bridgehead atoms. The van der Waals surface area contributed by atoms with Crippen molar-refractivity contribution in [1.29, 1.82) is 0 Å². The van der Waals surface area contributed by atoms with E-state index in [9.17, 15) is 34.8 Å². The quantitative estimate of drug-likeness (QED) is 0.0294. The molecular formula is C61H86N6O15. The van der Waals surface area contributed by atoms with E-state index in [1.54, 1.807) is 7.11 Å². The van der Waals surface area contributed by atoms with E-state index in [0.29, 0.717) is 101 Å². The number of likely N-dealkylation sites (N-methyl/N-ethyl adjacent to an activating group) is 1. The maximum absolute atomic E-state index is 15.6. The normalized spacial score (nSPS) is 31.6. The molecule has 82 heavy (non-hydrogen) atoms. The summed E-state index contributed by atoms with van der Waals surface area (Å²) in [6.07, 6.45) is 4.24. The molecule has 2 aliphatic carbocycles. The largest absolute Gasteiger partial charge is 0.496 e. The molecule has 1 spiro atoms. The summed E-state index contributed by atoms with van der Waals surface area (Å²) in [5, 5.41) is 56.0. The van der Waals surface area contributed by atoms with Gasteiger partial charge in [0.2, 0.25) is 5.91 Å². The summed E-state index contributed by atoms with van der Waals surface area (Å²) in [5.74, 6) is -2.12. The molecule has 21 heteroatoms. The number of aliphatic hydroxyl groups is 4. The van der Waals surface area contributed by atoms with Crippen LogP contribution in [0.25, 0.3) is 5.57 Å². The lowest BCUT2D eigenvalue weighted by atomic mass is 9.47. The van der Waals surface area contributed by atoms with Crippen molar-refractivity contribution in [2.45, 2.75) is 151 Å². The maximum Gasteiger partial charge on any atom is 0.407 e. The average molecular weight is 1140 g/mol. The van der Waals surface area contributed by atoms with Crippen LogP contribution in [0.3, 0.4) is 0 Å². The first-order valence-electron chi connectivity index (χ1n) is 29.3. The molecule has 7 unspecified atom stereocenters. The third-order valence-electron chi connectivity index (χ3n) is 19.4. The highest BCUT2D eigenvalue weighted by atomic mass is 16.7. The number of ether oxygens (including phenoxy) is 6. The molecule has 3 amide bonds. The van der Waals surface area contributed by atoms with Gasteiger partial charge in [-0.05, 0) is 111 Å². The van der Waals surface area contributed by atoms with Crippen LogP contribution >= 0.6 is 0 Å². The van der Waals surface area contributed by atoms with Crippen LogP contribution in [0.5, 0.6) is 5.75 Å². The minimum atomic E-state index is -2.41. The van der Waals surface area contributed by atoms with Gasteiger partial charge in [0.1, 0.15) is 29.9 Å². The summed E-state index contributed by atoms with van der Waals surface area (Å²) in [7, 11) is 6.26. The Morgan fingerprint density at radius 2 is 1.71 bits per heavy atom. The molecule has 9 rings (SSSR count). The zero-order chi connectivity index (χ0) is 58.9. The lowest BCUT2D eigenvalue weighted by molar-refractivity contribution is -0.203. The second-order valence-electron chi connectivity index (χ2n) is 23.7. The standard InChI is InChI=1S/C61H86N6O15/c1-9-40(34-68)82-49(78-7)35-81-56(74)63-23-18-48(69)64-37(4)50(70)80-27-15-22-62-54(72)61(76)52-59(21-26-67-24-14-20-58(11-3,51(59)67)53(61)71)44-29-45(47(77-6)30-46(44)65(52)5)60(55(73)79-8)32-38-31-57(75,10-2)36-66(33-38)25-19-42-41-17-13-12-16-39(41)28-43(42)60/h12-14,16-17,20,29-30,37-38,40,49,51-53,68,71,75-76H,9-11,15,18-19,21-28,31-36H2,1-8H3,(H,62,72)(H,63,74)(H,64,69)/t37-,38?,40?,49?,51?,52?,53+,57?,58+,59+,60+,61-/m0/s1. The molecule has 7 aliphatic rings. The zero-order valence-corrected chi connectivity index (χ0v) is 48.9. The number of anilines is 1. The minimum absolute atomic E-state index is 0.0341. The van der Waals surface area contributed by atoms with Crippen molar-refractivity contribution in [3.05, 3.63) is 76.4 Å². The number of amides is 3. The number of alkyl carbamates (subject to hydrolysis) is 1. The molecule has 2 saturated heterocycles. The summed E-state index contributed by atoms with van der Waals surface area (Å²) in [6.45, 7) is 9.71. The molecule has 5 aliphatic heterocycles. The Morgan fingerprint density at radius 3 is 2.41 bits per heavy atom. The molecule has 13 atom stereocenters. The Labute approximate surface area is 481 Å². The van der Waals surface area contributed by atoms with Gasteiger partial charge in [-0.3, -0.25) is 24.2 Å². The molecule has 7 N–H and O–H groups in total. The van der Waals surface area contributed by atoms with E-state index < -0.39 is 87.9 Å². The van der Waals surface area contributed by atoms with Crippen LogP contribution in [0.4, 0.5) is 10.5 Å². The van der Waals surface area contributed by atoms with E-state index in [-0.39, 0.29) is 57.7 Å². The number of fused-ring (bicyclic) bond motifs is 5. The number of methoxy groups -OCH3 is 3. The number of benzene rings is 2. The highest BCUT2D eigenvalue weighted by Gasteiger charge is 2.78. The van der Waals surface area contributed by atoms with Crippen LogP contribution in [-0.4, -0.2) is 202 Å². The molecule has 21 nitrogen and oxygen atoms in total. The highest BCUT2D eigenvalue weighted by molar-refractivity contribution is 5.96. The SMILES string of the molecule is CCC(CO)OC(COC(=O)NCCC(=O)N[C@@H](C)C(=O)OCCCNC(=O)[C@]1(O)C2N(C)c3cc(OC)c([C@@]4(C(=O)OC)CC5CN(CCC6=C4Cc4ccccc46)CC(O)(CC)C5)cc3[C@@]23CCN2CC=C[C@](CC)(C23)[C@H]1O)OC. The van der Waals surface area contributed by atoms with Crippen LogP contribution in [0.2, 0.25) is 0 Å². The lowest BCUT2D eigenvalue weighted by Crippen LogP contribution is -2.81. The number of esters is 2. The Balaban J connectivity index is 0.957. The number of nitrogens with one attached hydrogen (secondary N) is 3. The fraction of sp³-hybridized carbons (Fsp3) is 0.656. The van der Waals surface area contributed by atoms with Crippen LogP contribution in [0, 0.1) is 11.3 Å². The fourth-order valence-corrected chi connectivity index (χ4v) is 15.6. The van der Waals surface area contributed by atoms with Gasteiger partial charge in [-0.2, -0.15) is 0 Å². The van der Waals surface area contributed by atoms with E-state index in [2.05, 4.69) is 43.9 Å². The average Bonchev–Trinajstić information content (AvgIpc) is 3.18. The van der Waals surface area contributed by atoms with Gasteiger partial charge in [-0.25, -0.2) is 9.59 Å². The number of piperidine rings is 1. The van der Waals surface area contributed by atoms with Gasteiger partial charge in [0.15, 0.2) is 11.9 Å². The van der Waals surface area contributed by atoms with Crippen LogP contribution < -0.4 is 25.6 Å². The van der Waals surface area contributed by atoms with Crippen molar-refractivity contribution < 1.29 is 72.8 Å². The van der Waals surface area contributed by atoms with Gasteiger partial charge in [0.25, 0.3) is 5.91 Å². The Morgan fingerprint density at radius 1 is 0.927 bits per heavy atom. The van der Waals surface area contributed by atoms with Crippen LogP contribution in [-0.2, 0) is 60.1 Å². The van der Waals surface area contributed by atoms with Crippen molar-refractivity contribution >= 4 is 41.1 Å². The predicted molar refractivity (Wildman–Crippen MR) is 303 cm³/mol. The van der Waals surface area contributed by atoms with E-state index in [4.69, 9.17) is 28.4 Å².